The van der Waals surface area contributed by atoms with Crippen LogP contribution >= 0.6 is 11.6 Å². The zero-order chi connectivity index (χ0) is 17.8. The van der Waals surface area contributed by atoms with Crippen LogP contribution in [0.15, 0.2) is 57.7 Å². The number of carbonyl (C=O) groups excluding carboxylic acids is 1. The Kier molecular flexibility index (Phi) is 5.05. The van der Waals surface area contributed by atoms with Crippen molar-refractivity contribution in [2.45, 2.75) is 6.42 Å². The summed E-state index contributed by atoms with van der Waals surface area (Å²) in [5, 5.41) is 3.82. The van der Waals surface area contributed by atoms with Crippen molar-refractivity contribution >= 4 is 28.5 Å². The lowest BCUT2D eigenvalue weighted by molar-refractivity contribution is 0.0927. The van der Waals surface area contributed by atoms with Gasteiger partial charge in [-0.1, -0.05) is 23.7 Å². The summed E-state index contributed by atoms with van der Waals surface area (Å²) in [5.74, 6) is 0.0913. The number of carbonyl (C=O) groups is 1. The van der Waals surface area contributed by atoms with Gasteiger partial charge in [-0.2, -0.15) is 0 Å². The van der Waals surface area contributed by atoms with Crippen LogP contribution in [0.4, 0.5) is 0 Å². The molecule has 3 aromatic rings. The van der Waals surface area contributed by atoms with E-state index in [0.29, 0.717) is 34.7 Å². The van der Waals surface area contributed by atoms with Crippen molar-refractivity contribution in [3.05, 3.63) is 75.1 Å². The molecule has 0 spiro atoms. The fourth-order valence-corrected chi connectivity index (χ4v) is 2.56. The van der Waals surface area contributed by atoms with Gasteiger partial charge < -0.3 is 14.5 Å². The first kappa shape index (κ1) is 17.0. The Balaban J connectivity index is 1.73. The topological polar surface area (TPSA) is 68.5 Å². The molecular weight excluding hydrogens is 342 g/mol. The van der Waals surface area contributed by atoms with Crippen molar-refractivity contribution in [2.75, 3.05) is 13.7 Å². The van der Waals surface area contributed by atoms with Gasteiger partial charge in [-0.05, 0) is 36.2 Å². The van der Waals surface area contributed by atoms with Crippen LogP contribution in [0.1, 0.15) is 16.1 Å². The lowest BCUT2D eigenvalue weighted by Gasteiger charge is -2.06. The van der Waals surface area contributed by atoms with Crippen molar-refractivity contribution in [1.82, 2.24) is 5.32 Å². The number of halogens is 1. The highest BCUT2D eigenvalue weighted by Crippen LogP contribution is 2.19. The predicted octanol–water partition coefficient (Wildman–Crippen LogP) is 3.43. The van der Waals surface area contributed by atoms with E-state index in [4.69, 9.17) is 20.8 Å². The molecule has 0 saturated heterocycles. The SMILES string of the molecule is COc1ccc2c(=O)cc(C(=O)NCCc3ccc(Cl)cc3)oc2c1. The molecule has 0 aliphatic heterocycles. The standard InChI is InChI=1S/C19H16ClNO4/c1-24-14-6-7-15-16(22)11-18(25-17(15)10-14)19(23)21-9-8-12-2-4-13(20)5-3-12/h2-7,10-11H,8-9H2,1H3,(H,21,23). The second-order valence-corrected chi connectivity index (χ2v) is 5.91. The van der Waals surface area contributed by atoms with E-state index in [1.807, 2.05) is 12.1 Å². The molecule has 0 saturated carbocycles. The number of nitrogens with one attached hydrogen (secondary N) is 1. The molecule has 6 heteroatoms. The van der Waals surface area contributed by atoms with Crippen LogP contribution in [0.25, 0.3) is 11.0 Å². The highest BCUT2D eigenvalue weighted by atomic mass is 35.5. The molecule has 0 radical (unpaired) electrons. The molecule has 128 valence electrons. The first-order chi connectivity index (χ1) is 12.1. The summed E-state index contributed by atoms with van der Waals surface area (Å²) >= 11 is 5.84. The van der Waals surface area contributed by atoms with E-state index >= 15 is 0 Å². The summed E-state index contributed by atoms with van der Waals surface area (Å²) in [6, 6.07) is 13.5. The number of ether oxygens (including phenoxy) is 1. The highest BCUT2D eigenvalue weighted by molar-refractivity contribution is 6.30. The van der Waals surface area contributed by atoms with E-state index in [2.05, 4.69) is 5.32 Å². The van der Waals surface area contributed by atoms with Gasteiger partial charge in [-0.15, -0.1) is 0 Å². The Labute approximate surface area is 149 Å². The third-order valence-electron chi connectivity index (χ3n) is 3.77. The van der Waals surface area contributed by atoms with Gasteiger partial charge in [0.2, 0.25) is 0 Å². The van der Waals surface area contributed by atoms with E-state index in [1.165, 1.54) is 13.2 Å². The summed E-state index contributed by atoms with van der Waals surface area (Å²) in [5.41, 5.74) is 1.09. The molecule has 1 N–H and O–H groups in total. The van der Waals surface area contributed by atoms with Crippen LogP contribution in [-0.2, 0) is 6.42 Å². The second-order valence-electron chi connectivity index (χ2n) is 5.47. The summed E-state index contributed by atoms with van der Waals surface area (Å²) in [7, 11) is 1.52. The number of methoxy groups -OCH3 is 1. The molecule has 25 heavy (non-hydrogen) atoms. The molecule has 5 nitrogen and oxygen atoms in total. The zero-order valence-electron chi connectivity index (χ0n) is 13.5. The van der Waals surface area contributed by atoms with Gasteiger partial charge in [0.05, 0.1) is 12.5 Å². The maximum atomic E-state index is 12.2. The minimum absolute atomic E-state index is 0.0261. The van der Waals surface area contributed by atoms with Crippen molar-refractivity contribution in [2.24, 2.45) is 0 Å². The molecule has 1 heterocycles. The van der Waals surface area contributed by atoms with Gasteiger partial charge in [0.15, 0.2) is 11.2 Å². The maximum absolute atomic E-state index is 12.2. The van der Waals surface area contributed by atoms with E-state index in [-0.39, 0.29) is 11.2 Å². The molecule has 0 aliphatic carbocycles. The zero-order valence-corrected chi connectivity index (χ0v) is 14.3. The Hall–Kier alpha value is -2.79. The van der Waals surface area contributed by atoms with Crippen molar-refractivity contribution in [3.63, 3.8) is 0 Å². The van der Waals surface area contributed by atoms with Crippen LogP contribution in [-0.4, -0.2) is 19.6 Å². The molecule has 0 unspecified atom stereocenters. The van der Waals surface area contributed by atoms with Gasteiger partial charge in [-0.25, -0.2) is 0 Å². The number of hydrogen-bond donors (Lipinski definition) is 1. The summed E-state index contributed by atoms with van der Waals surface area (Å²) < 4.78 is 10.7. The predicted molar refractivity (Wildman–Crippen MR) is 96.5 cm³/mol. The average Bonchev–Trinajstić information content (AvgIpc) is 2.62. The number of hydrogen-bond acceptors (Lipinski definition) is 4. The van der Waals surface area contributed by atoms with Crippen LogP contribution < -0.4 is 15.5 Å². The largest absolute Gasteiger partial charge is 0.497 e. The summed E-state index contributed by atoms with van der Waals surface area (Å²) in [4.78, 5) is 24.4. The van der Waals surface area contributed by atoms with Crippen LogP contribution in [0.3, 0.4) is 0 Å². The van der Waals surface area contributed by atoms with Gasteiger partial charge in [0, 0.05) is 23.7 Å². The number of benzene rings is 2. The minimum Gasteiger partial charge on any atom is -0.497 e. The van der Waals surface area contributed by atoms with Crippen LogP contribution in [0.5, 0.6) is 5.75 Å². The van der Waals surface area contributed by atoms with Gasteiger partial charge >= 0.3 is 0 Å². The Bertz CT molecular complexity index is 963. The van der Waals surface area contributed by atoms with Crippen molar-refractivity contribution in [3.8, 4) is 5.75 Å². The molecule has 1 aromatic heterocycles. The summed E-state index contributed by atoms with van der Waals surface area (Å²) in [6.07, 6.45) is 0.647. The smallest absolute Gasteiger partial charge is 0.287 e. The van der Waals surface area contributed by atoms with Crippen molar-refractivity contribution in [1.29, 1.82) is 0 Å². The Morgan fingerprint density at radius 2 is 1.92 bits per heavy atom. The fourth-order valence-electron chi connectivity index (χ4n) is 2.43. The fraction of sp³-hybridized carbons (Fsp3) is 0.158. The maximum Gasteiger partial charge on any atom is 0.287 e. The summed E-state index contributed by atoms with van der Waals surface area (Å²) in [6.45, 7) is 0.417. The Morgan fingerprint density at radius 1 is 1.16 bits per heavy atom. The minimum atomic E-state index is -0.434. The monoisotopic (exact) mass is 357 g/mol. The normalized spacial score (nSPS) is 10.6. The molecular formula is C19H16ClNO4. The molecule has 0 atom stereocenters. The third-order valence-corrected chi connectivity index (χ3v) is 4.02. The Morgan fingerprint density at radius 3 is 2.64 bits per heavy atom. The molecule has 1 amide bonds. The van der Waals surface area contributed by atoms with E-state index in [9.17, 15) is 9.59 Å². The van der Waals surface area contributed by atoms with Gasteiger partial charge in [0.25, 0.3) is 5.91 Å². The first-order valence-electron chi connectivity index (χ1n) is 7.71. The lowest BCUT2D eigenvalue weighted by Crippen LogP contribution is -2.26. The van der Waals surface area contributed by atoms with Gasteiger partial charge in [0.1, 0.15) is 11.3 Å². The van der Waals surface area contributed by atoms with E-state index < -0.39 is 5.91 Å². The average molecular weight is 358 g/mol. The number of amides is 1. The number of rotatable bonds is 5. The van der Waals surface area contributed by atoms with Crippen LogP contribution in [0.2, 0.25) is 5.02 Å². The molecule has 0 fully saturated rings. The van der Waals surface area contributed by atoms with E-state index in [1.54, 1.807) is 30.3 Å². The second kappa shape index (κ2) is 7.40. The molecule has 2 aromatic carbocycles. The molecule has 0 aliphatic rings. The van der Waals surface area contributed by atoms with Crippen LogP contribution in [0, 0.1) is 0 Å². The number of fused-ring (bicyclic) bond motifs is 1. The molecule has 3 rings (SSSR count). The lowest BCUT2D eigenvalue weighted by atomic mass is 10.1. The van der Waals surface area contributed by atoms with Gasteiger partial charge in [-0.3, -0.25) is 9.59 Å². The van der Waals surface area contributed by atoms with E-state index in [0.717, 1.165) is 5.56 Å². The highest BCUT2D eigenvalue weighted by Gasteiger charge is 2.12. The quantitative estimate of drug-likeness (QED) is 0.759. The first-order valence-corrected chi connectivity index (χ1v) is 8.09. The van der Waals surface area contributed by atoms with Crippen molar-refractivity contribution < 1.29 is 13.9 Å². The third kappa shape index (κ3) is 4.00. The molecule has 0 bridgehead atoms.